The molecule has 0 radical (unpaired) electrons. The molecule has 14 heavy (non-hydrogen) atoms. The van der Waals surface area contributed by atoms with E-state index in [0.29, 0.717) is 16.7 Å². The molecule has 2 rings (SSSR count). The molecule has 0 aromatic carbocycles. The van der Waals surface area contributed by atoms with Crippen LogP contribution in [-0.2, 0) is 0 Å². The number of anilines is 2. The molecular weight excluding hydrogens is 200 g/mol. The van der Waals surface area contributed by atoms with Gasteiger partial charge < -0.3 is 11.1 Å². The minimum atomic E-state index is 0.200. The number of nitrogens with zero attached hydrogens (tertiary/aromatic N) is 2. The van der Waals surface area contributed by atoms with E-state index in [0.717, 1.165) is 6.42 Å². The van der Waals surface area contributed by atoms with E-state index in [1.807, 2.05) is 0 Å². The number of nitrogens with two attached hydrogens (primary N) is 1. The summed E-state index contributed by atoms with van der Waals surface area (Å²) in [7, 11) is 0. The predicted molar refractivity (Wildman–Crippen MR) is 57.3 cm³/mol. The van der Waals surface area contributed by atoms with Gasteiger partial charge in [-0.15, -0.1) is 0 Å². The van der Waals surface area contributed by atoms with Gasteiger partial charge in [0.15, 0.2) is 11.0 Å². The van der Waals surface area contributed by atoms with Gasteiger partial charge in [0.1, 0.15) is 12.0 Å². The van der Waals surface area contributed by atoms with Crippen LogP contribution in [0.3, 0.4) is 0 Å². The van der Waals surface area contributed by atoms with Gasteiger partial charge >= 0.3 is 0 Å². The zero-order chi connectivity index (χ0) is 10.2. The van der Waals surface area contributed by atoms with E-state index in [4.69, 9.17) is 17.3 Å². The van der Waals surface area contributed by atoms with Crippen LogP contribution in [0.2, 0.25) is 5.15 Å². The van der Waals surface area contributed by atoms with Gasteiger partial charge in [0.05, 0.1) is 0 Å². The lowest BCUT2D eigenvalue weighted by atomic mass is 10.2. The third-order valence-electron chi connectivity index (χ3n) is 2.75. The van der Waals surface area contributed by atoms with Crippen molar-refractivity contribution in [3.05, 3.63) is 11.5 Å². The van der Waals surface area contributed by atoms with Crippen molar-refractivity contribution in [3.63, 3.8) is 0 Å². The molecule has 1 aromatic rings. The van der Waals surface area contributed by atoms with Crippen LogP contribution in [0.5, 0.6) is 0 Å². The van der Waals surface area contributed by atoms with Gasteiger partial charge in [-0.2, -0.15) is 0 Å². The van der Waals surface area contributed by atoms with E-state index in [9.17, 15) is 0 Å². The maximum absolute atomic E-state index is 5.79. The normalized spacial score (nSPS) is 17.9. The lowest BCUT2D eigenvalue weighted by Crippen LogP contribution is -2.21. The monoisotopic (exact) mass is 212 g/mol. The van der Waals surface area contributed by atoms with Gasteiger partial charge in [0.25, 0.3) is 0 Å². The molecule has 3 N–H and O–H groups in total. The van der Waals surface area contributed by atoms with Crippen molar-refractivity contribution in [1.29, 1.82) is 0 Å². The zero-order valence-electron chi connectivity index (χ0n) is 8.05. The van der Waals surface area contributed by atoms with Crippen molar-refractivity contribution in [3.8, 4) is 0 Å². The first-order chi connectivity index (χ1) is 6.67. The van der Waals surface area contributed by atoms with Gasteiger partial charge in [-0.05, 0) is 19.3 Å². The number of aromatic nitrogens is 2. The Morgan fingerprint density at radius 1 is 1.57 bits per heavy atom. The highest BCUT2D eigenvalue weighted by atomic mass is 35.5. The Hall–Kier alpha value is -1.03. The second kappa shape index (κ2) is 3.28. The fourth-order valence-corrected chi connectivity index (χ4v) is 1.58. The van der Waals surface area contributed by atoms with E-state index >= 15 is 0 Å². The van der Waals surface area contributed by atoms with Crippen molar-refractivity contribution >= 4 is 23.1 Å². The Bertz CT molecular complexity index is 349. The summed E-state index contributed by atoms with van der Waals surface area (Å²) >= 11 is 5.79. The summed E-state index contributed by atoms with van der Waals surface area (Å²) in [5.41, 5.74) is 6.39. The summed E-state index contributed by atoms with van der Waals surface area (Å²) in [6.45, 7) is 2.15. The fourth-order valence-electron chi connectivity index (χ4n) is 1.44. The molecule has 1 aromatic heterocycles. The van der Waals surface area contributed by atoms with Crippen LogP contribution in [0.4, 0.5) is 11.5 Å². The van der Waals surface area contributed by atoms with Crippen LogP contribution < -0.4 is 11.1 Å². The molecule has 0 amide bonds. The molecule has 0 unspecified atom stereocenters. The number of halogens is 1. The Labute approximate surface area is 87.9 Å². The van der Waals surface area contributed by atoms with Crippen LogP contribution in [0.25, 0.3) is 0 Å². The highest BCUT2D eigenvalue weighted by Crippen LogP contribution is 2.42. The second-order valence-corrected chi connectivity index (χ2v) is 4.04. The van der Waals surface area contributed by atoms with Crippen LogP contribution in [-0.4, -0.2) is 15.5 Å². The van der Waals surface area contributed by atoms with Gasteiger partial charge in [0, 0.05) is 5.54 Å². The molecule has 0 saturated heterocycles. The molecule has 0 atom stereocenters. The Balaban J connectivity index is 2.21. The Kier molecular flexibility index (Phi) is 2.23. The Morgan fingerprint density at radius 3 is 2.86 bits per heavy atom. The standard InChI is InChI=1S/C9H13ClN4/c1-2-9(3-4-9)14-8-6(11)7(10)12-5-13-8/h5H,2-4,11H2,1H3,(H,12,13,14). The highest BCUT2D eigenvalue weighted by Gasteiger charge is 2.41. The molecule has 1 fully saturated rings. The number of hydrogen-bond donors (Lipinski definition) is 2. The molecule has 5 heteroatoms. The van der Waals surface area contributed by atoms with E-state index in [1.165, 1.54) is 19.2 Å². The number of rotatable bonds is 3. The third kappa shape index (κ3) is 1.62. The number of nitrogen functional groups attached to an aromatic ring is 1. The minimum absolute atomic E-state index is 0.200. The van der Waals surface area contributed by atoms with E-state index in [1.54, 1.807) is 0 Å². The summed E-state index contributed by atoms with van der Waals surface area (Å²) in [6.07, 6.45) is 4.84. The highest BCUT2D eigenvalue weighted by molar-refractivity contribution is 6.32. The first-order valence-corrected chi connectivity index (χ1v) is 5.09. The quantitative estimate of drug-likeness (QED) is 0.753. The lowest BCUT2D eigenvalue weighted by Gasteiger charge is -2.16. The molecule has 1 heterocycles. The van der Waals surface area contributed by atoms with Crippen molar-refractivity contribution in [1.82, 2.24) is 9.97 Å². The average Bonchev–Trinajstić information content (AvgIpc) is 2.94. The van der Waals surface area contributed by atoms with Gasteiger partial charge in [0.2, 0.25) is 0 Å². The lowest BCUT2D eigenvalue weighted by molar-refractivity contribution is 0.697. The largest absolute Gasteiger partial charge is 0.393 e. The average molecular weight is 213 g/mol. The van der Waals surface area contributed by atoms with Gasteiger partial charge in [-0.1, -0.05) is 18.5 Å². The van der Waals surface area contributed by atoms with Crippen LogP contribution in [0.15, 0.2) is 6.33 Å². The predicted octanol–water partition coefficient (Wildman–Crippen LogP) is 2.07. The summed E-state index contributed by atoms with van der Waals surface area (Å²) < 4.78 is 0. The summed E-state index contributed by atoms with van der Waals surface area (Å²) in [4.78, 5) is 7.89. The number of nitrogens with one attached hydrogen (secondary N) is 1. The molecular formula is C9H13ClN4. The maximum atomic E-state index is 5.79. The van der Waals surface area contributed by atoms with Crippen molar-refractivity contribution in [2.75, 3.05) is 11.1 Å². The molecule has 4 nitrogen and oxygen atoms in total. The van der Waals surface area contributed by atoms with Crippen LogP contribution in [0.1, 0.15) is 26.2 Å². The Morgan fingerprint density at radius 2 is 2.29 bits per heavy atom. The summed E-state index contributed by atoms with van der Waals surface area (Å²) in [5, 5.41) is 3.64. The molecule has 0 aliphatic heterocycles. The van der Waals surface area contributed by atoms with Crippen molar-refractivity contribution in [2.45, 2.75) is 31.7 Å². The molecule has 0 spiro atoms. The van der Waals surface area contributed by atoms with E-state index < -0.39 is 0 Å². The first-order valence-electron chi connectivity index (χ1n) is 4.71. The molecule has 1 aliphatic rings. The molecule has 76 valence electrons. The molecule has 1 aliphatic carbocycles. The van der Waals surface area contributed by atoms with Gasteiger partial charge in [-0.25, -0.2) is 9.97 Å². The summed E-state index contributed by atoms with van der Waals surface area (Å²) in [5.74, 6) is 0.657. The third-order valence-corrected chi connectivity index (χ3v) is 3.05. The molecule has 1 saturated carbocycles. The zero-order valence-corrected chi connectivity index (χ0v) is 8.80. The van der Waals surface area contributed by atoms with Gasteiger partial charge in [-0.3, -0.25) is 0 Å². The van der Waals surface area contributed by atoms with Crippen molar-refractivity contribution in [2.24, 2.45) is 0 Å². The van der Waals surface area contributed by atoms with Crippen molar-refractivity contribution < 1.29 is 0 Å². The first kappa shape index (κ1) is 9.52. The molecule has 0 bridgehead atoms. The smallest absolute Gasteiger partial charge is 0.157 e. The maximum Gasteiger partial charge on any atom is 0.157 e. The van der Waals surface area contributed by atoms with Crippen LogP contribution in [0, 0.1) is 0 Å². The topological polar surface area (TPSA) is 63.8 Å². The SMILES string of the molecule is CCC1(Nc2ncnc(Cl)c2N)CC1. The second-order valence-electron chi connectivity index (χ2n) is 3.69. The van der Waals surface area contributed by atoms with E-state index in [2.05, 4.69) is 22.2 Å². The van der Waals surface area contributed by atoms with E-state index in [-0.39, 0.29) is 5.54 Å². The summed E-state index contributed by atoms with van der Waals surface area (Å²) in [6, 6.07) is 0. The fraction of sp³-hybridized carbons (Fsp3) is 0.556. The van der Waals surface area contributed by atoms with Crippen LogP contribution >= 0.6 is 11.6 Å². The number of hydrogen-bond acceptors (Lipinski definition) is 4. The minimum Gasteiger partial charge on any atom is -0.393 e.